The number of hydrogen-bond acceptors (Lipinski definition) is 4. The van der Waals surface area contributed by atoms with Crippen LogP contribution >= 0.6 is 11.3 Å². The minimum absolute atomic E-state index is 0.0256. The van der Waals surface area contributed by atoms with Gasteiger partial charge >= 0.3 is 0 Å². The fraction of sp³-hybridized carbons (Fsp3) is 0.286. The average molecular weight is 184 g/mol. The zero-order valence-corrected chi connectivity index (χ0v) is 7.08. The van der Waals surface area contributed by atoms with Gasteiger partial charge in [-0.2, -0.15) is 0 Å². The molecule has 0 aliphatic carbocycles. The Morgan fingerprint density at radius 2 is 2.25 bits per heavy atom. The number of aliphatic hydroxyl groups excluding tert-OH is 2. The van der Waals surface area contributed by atoms with Crippen molar-refractivity contribution in [2.75, 3.05) is 0 Å². The second kappa shape index (κ2) is 2.85. The molecule has 2 heterocycles. The van der Waals surface area contributed by atoms with E-state index in [0.717, 1.165) is 15.4 Å². The molecule has 0 unspecified atom stereocenters. The van der Waals surface area contributed by atoms with Crippen LogP contribution in [0.2, 0.25) is 0 Å². The molecule has 12 heavy (non-hydrogen) atoms. The molecule has 5 heteroatoms. The second-order valence-electron chi connectivity index (χ2n) is 2.39. The van der Waals surface area contributed by atoms with Gasteiger partial charge in [0.25, 0.3) is 0 Å². The molecule has 2 aromatic heterocycles. The highest BCUT2D eigenvalue weighted by molar-refractivity contribution is 7.17. The maximum atomic E-state index is 9.00. The highest BCUT2D eigenvalue weighted by Gasteiger charge is 2.09. The number of aliphatic hydroxyl groups is 2. The lowest BCUT2D eigenvalue weighted by Gasteiger charge is -1.95. The van der Waals surface area contributed by atoms with Gasteiger partial charge in [0, 0.05) is 0 Å². The van der Waals surface area contributed by atoms with Crippen molar-refractivity contribution in [3.05, 3.63) is 23.1 Å². The van der Waals surface area contributed by atoms with Gasteiger partial charge in [-0.05, 0) is 0 Å². The van der Waals surface area contributed by atoms with Crippen LogP contribution in [0.1, 0.15) is 10.6 Å². The van der Waals surface area contributed by atoms with Crippen LogP contribution in [-0.4, -0.2) is 19.6 Å². The molecule has 2 aromatic rings. The van der Waals surface area contributed by atoms with Crippen molar-refractivity contribution >= 4 is 16.2 Å². The Morgan fingerprint density at radius 1 is 1.42 bits per heavy atom. The molecule has 0 fully saturated rings. The van der Waals surface area contributed by atoms with Gasteiger partial charge < -0.3 is 10.2 Å². The molecule has 2 rings (SSSR count). The number of fused-ring (bicyclic) bond motifs is 1. The van der Waals surface area contributed by atoms with Crippen molar-refractivity contribution in [3.8, 4) is 0 Å². The first-order valence-corrected chi connectivity index (χ1v) is 4.32. The Balaban J connectivity index is 2.70. The van der Waals surface area contributed by atoms with Gasteiger partial charge in [0.15, 0.2) is 0 Å². The lowest BCUT2D eigenvalue weighted by Crippen LogP contribution is -1.93. The second-order valence-corrected chi connectivity index (χ2v) is 3.51. The average Bonchev–Trinajstić information content (AvgIpc) is 2.61. The van der Waals surface area contributed by atoms with Gasteiger partial charge in [-0.3, -0.25) is 4.40 Å². The van der Waals surface area contributed by atoms with Crippen LogP contribution in [0.4, 0.5) is 0 Å². The normalized spacial score (nSPS) is 11.2. The predicted octanol–water partition coefficient (Wildman–Crippen LogP) is 0.380. The summed E-state index contributed by atoms with van der Waals surface area (Å²) < 4.78 is 1.79. The topological polar surface area (TPSA) is 57.8 Å². The third kappa shape index (κ3) is 0.945. The summed E-state index contributed by atoms with van der Waals surface area (Å²) in [5.74, 6) is 0. The SMILES string of the molecule is OCc1sc2cncn2c1CO. The van der Waals surface area contributed by atoms with Gasteiger partial charge in [-0.25, -0.2) is 4.98 Å². The summed E-state index contributed by atoms with van der Waals surface area (Å²) in [4.78, 5) is 5.67. The molecule has 0 amide bonds. The van der Waals surface area contributed by atoms with E-state index >= 15 is 0 Å². The van der Waals surface area contributed by atoms with Crippen LogP contribution in [-0.2, 0) is 13.2 Å². The quantitative estimate of drug-likeness (QED) is 0.709. The molecule has 64 valence electrons. The van der Waals surface area contributed by atoms with Crippen LogP contribution in [0, 0.1) is 0 Å². The zero-order valence-electron chi connectivity index (χ0n) is 6.27. The van der Waals surface area contributed by atoms with Crippen LogP contribution in [0.3, 0.4) is 0 Å². The molecule has 0 saturated carbocycles. The molecule has 0 aromatic carbocycles. The minimum Gasteiger partial charge on any atom is -0.391 e. The maximum Gasteiger partial charge on any atom is 0.120 e. The van der Waals surface area contributed by atoms with Gasteiger partial charge in [0.2, 0.25) is 0 Å². The molecule has 2 N–H and O–H groups in total. The molecule has 0 aliphatic rings. The Labute approximate surface area is 72.7 Å². The molecule has 0 bridgehead atoms. The largest absolute Gasteiger partial charge is 0.391 e. The summed E-state index contributed by atoms with van der Waals surface area (Å²) in [6.45, 7) is -0.0888. The lowest BCUT2D eigenvalue weighted by atomic mass is 10.4. The Bertz CT molecular complexity index is 393. The summed E-state index contributed by atoms with van der Waals surface area (Å²) in [6, 6.07) is 0. The predicted molar refractivity (Wildman–Crippen MR) is 44.9 cm³/mol. The van der Waals surface area contributed by atoms with Crippen molar-refractivity contribution in [2.24, 2.45) is 0 Å². The zero-order chi connectivity index (χ0) is 8.55. The third-order valence-electron chi connectivity index (χ3n) is 1.74. The van der Waals surface area contributed by atoms with Crippen LogP contribution < -0.4 is 0 Å². The summed E-state index contributed by atoms with van der Waals surface area (Å²) >= 11 is 1.45. The van der Waals surface area contributed by atoms with Gasteiger partial charge in [-0.1, -0.05) is 0 Å². The van der Waals surface area contributed by atoms with Crippen molar-refractivity contribution in [1.82, 2.24) is 9.38 Å². The Hall–Kier alpha value is -0.910. The van der Waals surface area contributed by atoms with Crippen molar-refractivity contribution in [3.63, 3.8) is 0 Å². The molecule has 4 nitrogen and oxygen atoms in total. The number of rotatable bonds is 2. The van der Waals surface area contributed by atoms with E-state index < -0.39 is 0 Å². The van der Waals surface area contributed by atoms with E-state index in [2.05, 4.69) is 4.98 Å². The molecular formula is C7H8N2O2S. The van der Waals surface area contributed by atoms with Crippen molar-refractivity contribution in [2.45, 2.75) is 13.2 Å². The Kier molecular flexibility index (Phi) is 1.84. The van der Waals surface area contributed by atoms with E-state index in [9.17, 15) is 0 Å². The Morgan fingerprint density at radius 3 is 2.92 bits per heavy atom. The molecule has 0 aliphatic heterocycles. The lowest BCUT2D eigenvalue weighted by molar-refractivity contribution is 0.258. The van der Waals surface area contributed by atoms with E-state index in [1.165, 1.54) is 11.3 Å². The number of aromatic nitrogens is 2. The number of imidazole rings is 1. The first-order valence-electron chi connectivity index (χ1n) is 3.51. The fourth-order valence-electron chi connectivity index (χ4n) is 1.17. The summed E-state index contributed by atoms with van der Waals surface area (Å²) in [5.41, 5.74) is 0.731. The number of nitrogens with zero attached hydrogens (tertiary/aromatic N) is 2. The van der Waals surface area contributed by atoms with Gasteiger partial charge in [-0.15, -0.1) is 11.3 Å². The molecule has 0 saturated heterocycles. The summed E-state index contributed by atoms with van der Waals surface area (Å²) in [7, 11) is 0. The minimum atomic E-state index is -0.0632. The maximum absolute atomic E-state index is 9.00. The van der Waals surface area contributed by atoms with E-state index in [-0.39, 0.29) is 13.2 Å². The highest BCUT2D eigenvalue weighted by atomic mass is 32.1. The van der Waals surface area contributed by atoms with Crippen LogP contribution in [0.15, 0.2) is 12.5 Å². The van der Waals surface area contributed by atoms with E-state index in [4.69, 9.17) is 10.2 Å². The third-order valence-corrected chi connectivity index (χ3v) is 2.86. The molecule has 0 spiro atoms. The molecular weight excluding hydrogens is 176 g/mol. The molecule has 0 atom stereocenters. The van der Waals surface area contributed by atoms with Crippen molar-refractivity contribution < 1.29 is 10.2 Å². The summed E-state index contributed by atoms with van der Waals surface area (Å²) in [6.07, 6.45) is 3.35. The van der Waals surface area contributed by atoms with E-state index in [0.29, 0.717) is 0 Å². The van der Waals surface area contributed by atoms with E-state index in [1.807, 2.05) is 0 Å². The number of thiazole rings is 1. The molecule has 0 radical (unpaired) electrons. The standard InChI is InChI=1S/C7H8N2O2S/c10-2-5-6(3-11)12-7-1-8-4-9(5)7/h1,4,10-11H,2-3H2. The number of hydrogen-bond donors (Lipinski definition) is 2. The summed E-state index contributed by atoms with van der Waals surface area (Å²) in [5, 5.41) is 17.9. The van der Waals surface area contributed by atoms with Gasteiger partial charge in [0.1, 0.15) is 11.2 Å². The smallest absolute Gasteiger partial charge is 0.120 e. The first-order chi connectivity index (χ1) is 5.86. The monoisotopic (exact) mass is 184 g/mol. The highest BCUT2D eigenvalue weighted by Crippen LogP contribution is 2.22. The van der Waals surface area contributed by atoms with Gasteiger partial charge in [0.05, 0.1) is 30.0 Å². The van der Waals surface area contributed by atoms with Crippen molar-refractivity contribution in [1.29, 1.82) is 0 Å². The van der Waals surface area contributed by atoms with E-state index in [1.54, 1.807) is 16.9 Å². The van der Waals surface area contributed by atoms with Crippen LogP contribution in [0.25, 0.3) is 4.83 Å². The van der Waals surface area contributed by atoms with Crippen LogP contribution in [0.5, 0.6) is 0 Å². The first kappa shape index (κ1) is 7.72. The fourth-order valence-corrected chi connectivity index (χ4v) is 2.14.